The first-order valence-electron chi connectivity index (χ1n) is 14.2. The Bertz CT molecular complexity index is 1610. The van der Waals surface area contributed by atoms with Crippen LogP contribution >= 0.6 is 0 Å². The molecule has 0 fully saturated rings. The molecular formula is C32H34FN5O4. The van der Waals surface area contributed by atoms with E-state index in [9.17, 15) is 14.3 Å². The van der Waals surface area contributed by atoms with Gasteiger partial charge in [-0.3, -0.25) is 0 Å². The van der Waals surface area contributed by atoms with Crippen molar-refractivity contribution >= 4 is 17.0 Å². The summed E-state index contributed by atoms with van der Waals surface area (Å²) >= 11 is 0. The second kappa shape index (κ2) is 13.1. The first-order chi connectivity index (χ1) is 20.4. The fourth-order valence-corrected chi connectivity index (χ4v) is 5.61. The smallest absolute Gasteiger partial charge is 0.335 e. The quantitative estimate of drug-likeness (QED) is 0.234. The molecule has 2 aromatic heterocycles. The van der Waals surface area contributed by atoms with E-state index in [2.05, 4.69) is 11.5 Å². The molecule has 3 atom stereocenters. The second-order valence-corrected chi connectivity index (χ2v) is 10.7. The second-order valence-electron chi connectivity index (χ2n) is 10.7. The van der Waals surface area contributed by atoms with E-state index in [1.54, 1.807) is 36.4 Å². The van der Waals surface area contributed by atoms with Crippen molar-refractivity contribution in [1.29, 1.82) is 5.26 Å². The van der Waals surface area contributed by atoms with Crippen LogP contribution in [0.4, 0.5) is 4.39 Å². The number of carboxylic acid groups (broad SMARTS) is 1. The zero-order valence-corrected chi connectivity index (χ0v) is 23.5. The number of aromatic carboxylic acids is 1. The molecule has 42 heavy (non-hydrogen) atoms. The standard InChI is InChI=1S/C32H34FN5O4/c1-20-17-41-18-25(31-37-28-11-10-23(32(39)40)15-29(28)38(20)31)5-2-4-22(12-13-34)27-6-3-7-30(36-27)42-19-24-9-8-21(16-35)14-26(24)33/h3,6-11,14-15,20,22,25H,2,4-5,12-13,17-19,34H2,1H3,(H,39,40)/t20-,22?,25+/m1/s1. The number of nitriles is 1. The molecule has 3 N–H and O–H groups in total. The Hall–Kier alpha value is -4.33. The van der Waals surface area contributed by atoms with Gasteiger partial charge in [-0.25, -0.2) is 19.2 Å². The van der Waals surface area contributed by atoms with Gasteiger partial charge in [0.25, 0.3) is 0 Å². The number of hydrogen-bond donors (Lipinski definition) is 2. The van der Waals surface area contributed by atoms with Crippen LogP contribution in [-0.4, -0.2) is 45.4 Å². The van der Waals surface area contributed by atoms with E-state index in [1.165, 1.54) is 6.07 Å². The third kappa shape index (κ3) is 6.43. The zero-order valence-electron chi connectivity index (χ0n) is 23.5. The van der Waals surface area contributed by atoms with Crippen LogP contribution in [0.1, 0.15) is 83.5 Å². The number of benzene rings is 2. The summed E-state index contributed by atoms with van der Waals surface area (Å²) in [5.74, 6) is 0.0677. The van der Waals surface area contributed by atoms with E-state index < -0.39 is 11.8 Å². The van der Waals surface area contributed by atoms with Crippen molar-refractivity contribution in [3.05, 3.63) is 88.6 Å². The highest BCUT2D eigenvalue weighted by Gasteiger charge is 2.27. The summed E-state index contributed by atoms with van der Waals surface area (Å²) < 4.78 is 28.2. The Kier molecular flexibility index (Phi) is 9.10. The molecule has 9 nitrogen and oxygen atoms in total. The average molecular weight is 572 g/mol. The van der Waals surface area contributed by atoms with Crippen LogP contribution in [0.25, 0.3) is 11.0 Å². The van der Waals surface area contributed by atoms with E-state index in [4.69, 9.17) is 30.4 Å². The first kappa shape index (κ1) is 29.2. The molecule has 0 spiro atoms. The molecule has 0 radical (unpaired) electrons. The van der Waals surface area contributed by atoms with Crippen molar-refractivity contribution in [2.75, 3.05) is 19.8 Å². The fraction of sp³-hybridized carbons (Fsp3) is 0.375. The lowest BCUT2D eigenvalue weighted by molar-refractivity contribution is 0.0697. The number of fused-ring (bicyclic) bond motifs is 3. The number of nitrogens with two attached hydrogens (primary N) is 1. The molecule has 0 amide bonds. The molecule has 0 aliphatic carbocycles. The van der Waals surface area contributed by atoms with Gasteiger partial charge >= 0.3 is 5.97 Å². The predicted molar refractivity (Wildman–Crippen MR) is 155 cm³/mol. The van der Waals surface area contributed by atoms with E-state index >= 15 is 0 Å². The topological polar surface area (TPSA) is 136 Å². The number of hydrogen-bond acceptors (Lipinski definition) is 7. The molecule has 10 heteroatoms. The number of carbonyl (C=O) groups is 1. The van der Waals surface area contributed by atoms with Gasteiger partial charge in [0.2, 0.25) is 5.88 Å². The van der Waals surface area contributed by atoms with Gasteiger partial charge in [0.15, 0.2) is 0 Å². The summed E-state index contributed by atoms with van der Waals surface area (Å²) in [6, 6.07) is 16.9. The molecule has 218 valence electrons. The maximum Gasteiger partial charge on any atom is 0.335 e. The van der Waals surface area contributed by atoms with Crippen LogP contribution < -0.4 is 10.5 Å². The highest BCUT2D eigenvalue weighted by atomic mass is 19.1. The van der Waals surface area contributed by atoms with Gasteiger partial charge in [0.1, 0.15) is 18.2 Å². The minimum Gasteiger partial charge on any atom is -0.478 e. The lowest BCUT2D eigenvalue weighted by Gasteiger charge is -2.19. The molecule has 1 aliphatic rings. The lowest BCUT2D eigenvalue weighted by Crippen LogP contribution is -2.13. The molecule has 0 saturated carbocycles. The van der Waals surface area contributed by atoms with Crippen LogP contribution in [0, 0.1) is 17.1 Å². The van der Waals surface area contributed by atoms with Gasteiger partial charge in [-0.1, -0.05) is 18.6 Å². The van der Waals surface area contributed by atoms with E-state index in [0.717, 1.165) is 48.2 Å². The van der Waals surface area contributed by atoms with Crippen LogP contribution in [0.5, 0.6) is 5.88 Å². The Morgan fingerprint density at radius 1 is 1.21 bits per heavy atom. The van der Waals surface area contributed by atoms with Crippen molar-refractivity contribution in [2.24, 2.45) is 5.73 Å². The highest BCUT2D eigenvalue weighted by molar-refractivity contribution is 5.92. The summed E-state index contributed by atoms with van der Waals surface area (Å²) in [5.41, 5.74) is 9.30. The molecule has 0 bridgehead atoms. The molecule has 4 aromatic rings. The molecule has 2 aromatic carbocycles. The maximum absolute atomic E-state index is 14.3. The summed E-state index contributed by atoms with van der Waals surface area (Å²) in [6.07, 6.45) is 3.35. The van der Waals surface area contributed by atoms with Crippen LogP contribution in [-0.2, 0) is 11.3 Å². The Morgan fingerprint density at radius 3 is 2.83 bits per heavy atom. The number of nitrogens with zero attached hydrogens (tertiary/aromatic N) is 4. The zero-order chi connectivity index (χ0) is 29.6. The largest absolute Gasteiger partial charge is 0.478 e. The van der Waals surface area contributed by atoms with Gasteiger partial charge in [0, 0.05) is 29.2 Å². The van der Waals surface area contributed by atoms with Crippen LogP contribution in [0.3, 0.4) is 0 Å². The van der Waals surface area contributed by atoms with Crippen LogP contribution in [0.2, 0.25) is 0 Å². The molecule has 5 rings (SSSR count). The molecule has 1 aliphatic heterocycles. The van der Waals surface area contributed by atoms with Crippen molar-refractivity contribution in [3.8, 4) is 11.9 Å². The normalized spacial score (nSPS) is 17.3. The molecular weight excluding hydrogens is 537 g/mol. The Labute approximate surface area is 243 Å². The predicted octanol–water partition coefficient (Wildman–Crippen LogP) is 5.70. The molecule has 3 heterocycles. The van der Waals surface area contributed by atoms with E-state index in [1.807, 2.05) is 18.2 Å². The van der Waals surface area contributed by atoms with Crippen molar-refractivity contribution < 1.29 is 23.8 Å². The SMILES string of the molecule is C[C@@H]1COC[C@H](CCCC(CCN)c2cccc(OCc3ccc(C#N)cc3F)n2)c2nc3ccc(C(=O)O)cc3n21. The van der Waals surface area contributed by atoms with E-state index in [-0.39, 0.29) is 35.6 Å². The minimum absolute atomic E-state index is 0.00458. The number of imidazole rings is 1. The maximum atomic E-state index is 14.3. The van der Waals surface area contributed by atoms with E-state index in [0.29, 0.717) is 31.2 Å². The van der Waals surface area contributed by atoms with Crippen molar-refractivity contribution in [1.82, 2.24) is 14.5 Å². The third-order valence-electron chi connectivity index (χ3n) is 7.79. The average Bonchev–Trinajstić information content (AvgIpc) is 3.30. The number of halogens is 1. The number of aromatic nitrogens is 3. The van der Waals surface area contributed by atoms with Gasteiger partial charge < -0.3 is 24.9 Å². The summed E-state index contributed by atoms with van der Waals surface area (Å²) in [7, 11) is 0. The Morgan fingerprint density at radius 2 is 2.07 bits per heavy atom. The number of carboxylic acids is 1. The summed E-state index contributed by atoms with van der Waals surface area (Å²) in [4.78, 5) is 21.2. The monoisotopic (exact) mass is 571 g/mol. The van der Waals surface area contributed by atoms with Gasteiger partial charge in [-0.2, -0.15) is 5.26 Å². The van der Waals surface area contributed by atoms with Gasteiger partial charge in [-0.15, -0.1) is 0 Å². The minimum atomic E-state index is -0.961. The molecule has 1 unspecified atom stereocenters. The number of rotatable bonds is 11. The lowest BCUT2D eigenvalue weighted by atomic mass is 9.91. The fourth-order valence-electron chi connectivity index (χ4n) is 5.61. The Balaban J connectivity index is 1.27. The number of ether oxygens (including phenoxy) is 2. The van der Waals surface area contributed by atoms with Crippen molar-refractivity contribution in [3.63, 3.8) is 0 Å². The first-order valence-corrected chi connectivity index (χ1v) is 14.2. The van der Waals surface area contributed by atoms with Crippen LogP contribution in [0.15, 0.2) is 54.6 Å². The third-order valence-corrected chi connectivity index (χ3v) is 7.79. The molecule has 0 saturated heterocycles. The summed E-state index contributed by atoms with van der Waals surface area (Å²) in [5, 5.41) is 18.4. The highest BCUT2D eigenvalue weighted by Crippen LogP contribution is 2.34. The van der Waals surface area contributed by atoms with Crippen molar-refractivity contribution in [2.45, 2.75) is 57.1 Å². The van der Waals surface area contributed by atoms with Gasteiger partial charge in [0.05, 0.1) is 47.5 Å². The summed E-state index contributed by atoms with van der Waals surface area (Å²) in [6.45, 7) is 3.66. The van der Waals surface area contributed by atoms with Gasteiger partial charge in [-0.05, 0) is 69.1 Å². The number of pyridine rings is 1.